The van der Waals surface area contributed by atoms with Gasteiger partial charge in [-0.2, -0.15) is 0 Å². The molecule has 0 heterocycles. The molecule has 5 unspecified atom stereocenters. The van der Waals surface area contributed by atoms with E-state index in [9.17, 15) is 14.7 Å². The molecule has 41 heavy (non-hydrogen) atoms. The van der Waals surface area contributed by atoms with Gasteiger partial charge in [-0.1, -0.05) is 142 Å². The maximum atomic E-state index is 12.8. The molecule has 0 aliphatic heterocycles. The van der Waals surface area contributed by atoms with Crippen LogP contribution in [0, 0.1) is 29.1 Å². The Morgan fingerprint density at radius 2 is 1.44 bits per heavy atom. The monoisotopic (exact) mass is 574 g/mol. The lowest BCUT2D eigenvalue weighted by Crippen LogP contribution is -2.47. The van der Waals surface area contributed by atoms with Crippen LogP contribution in [0.15, 0.2) is 24.3 Å². The van der Waals surface area contributed by atoms with Crippen LogP contribution in [0.2, 0.25) is 0 Å². The second-order valence-electron chi connectivity index (χ2n) is 13.0. The lowest BCUT2D eigenvalue weighted by Gasteiger charge is -2.51. The molecule has 1 spiro atoms. The minimum atomic E-state index is -0.694. The molecule has 4 nitrogen and oxygen atoms in total. The van der Waals surface area contributed by atoms with Gasteiger partial charge in [-0.05, 0) is 62.7 Å². The average molecular weight is 575 g/mol. The third kappa shape index (κ3) is 13.1. The van der Waals surface area contributed by atoms with Crippen LogP contribution >= 0.6 is 0 Å². The molecule has 5 atom stereocenters. The van der Waals surface area contributed by atoms with Crippen molar-refractivity contribution < 1.29 is 19.8 Å². The van der Waals surface area contributed by atoms with Crippen molar-refractivity contribution >= 4 is 11.9 Å². The first-order valence-electron chi connectivity index (χ1n) is 17.3. The highest BCUT2D eigenvalue weighted by Gasteiger charge is 2.51. The summed E-state index contributed by atoms with van der Waals surface area (Å²) in [4.78, 5) is 23.6. The molecule has 0 aromatic carbocycles. The standard InChI is InChI=1S/C36H62O4.CH4/c1-3-5-7-16-22-30-27-29-36(28-21-15-14-19-25-33(36)35(39)40)32(31(30)23-17-8-6-4-2)24-18-12-10-9-11-13-20-26-34(37)38;/h18,24,27,29-33H,3-17,19-23,25-26,28H2,1-2H3,(H,37,38)(H,39,40);1H4. The summed E-state index contributed by atoms with van der Waals surface area (Å²) in [6, 6.07) is 0. The molecule has 1 fully saturated rings. The molecule has 0 saturated heterocycles. The summed E-state index contributed by atoms with van der Waals surface area (Å²) in [6.07, 6.45) is 35.3. The molecular weight excluding hydrogens is 508 g/mol. The molecule has 238 valence electrons. The van der Waals surface area contributed by atoms with Crippen LogP contribution in [0.1, 0.15) is 169 Å². The van der Waals surface area contributed by atoms with Crippen LogP contribution in [-0.4, -0.2) is 22.2 Å². The van der Waals surface area contributed by atoms with Gasteiger partial charge in [0.2, 0.25) is 0 Å². The number of carbonyl (C=O) groups is 2. The minimum Gasteiger partial charge on any atom is -0.481 e. The van der Waals surface area contributed by atoms with E-state index in [1.807, 2.05) is 0 Å². The molecule has 0 aromatic rings. The molecule has 0 radical (unpaired) electrons. The van der Waals surface area contributed by atoms with Crippen molar-refractivity contribution in [2.75, 3.05) is 0 Å². The van der Waals surface area contributed by atoms with Crippen LogP contribution in [0.25, 0.3) is 0 Å². The SMILES string of the molecule is C.CCCCCCC1C=CC2(CCCCCCC2C(=O)O)C(C=CCCCCCCCC(=O)O)C1CCCCCC. The van der Waals surface area contributed by atoms with Gasteiger partial charge >= 0.3 is 11.9 Å². The Bertz CT molecular complexity index is 756. The highest BCUT2D eigenvalue weighted by Crippen LogP contribution is 2.55. The maximum Gasteiger partial charge on any atom is 0.307 e. The van der Waals surface area contributed by atoms with Gasteiger partial charge in [-0.3, -0.25) is 9.59 Å². The molecule has 2 aliphatic carbocycles. The second-order valence-corrected chi connectivity index (χ2v) is 13.0. The quantitative estimate of drug-likeness (QED) is 0.112. The van der Waals surface area contributed by atoms with Crippen molar-refractivity contribution in [2.45, 2.75) is 169 Å². The van der Waals surface area contributed by atoms with Crippen molar-refractivity contribution in [3.63, 3.8) is 0 Å². The Morgan fingerprint density at radius 1 is 0.805 bits per heavy atom. The van der Waals surface area contributed by atoms with E-state index in [4.69, 9.17) is 5.11 Å². The number of aliphatic carboxylic acids is 2. The number of rotatable bonds is 20. The number of allylic oxidation sites excluding steroid dienone is 4. The van der Waals surface area contributed by atoms with Gasteiger partial charge in [0.25, 0.3) is 0 Å². The number of hydrogen-bond donors (Lipinski definition) is 2. The van der Waals surface area contributed by atoms with Crippen molar-refractivity contribution in [3.05, 3.63) is 24.3 Å². The Hall–Kier alpha value is -1.58. The summed E-state index contributed by atoms with van der Waals surface area (Å²) in [7, 11) is 0. The third-order valence-electron chi connectivity index (χ3n) is 9.97. The summed E-state index contributed by atoms with van der Waals surface area (Å²) >= 11 is 0. The smallest absolute Gasteiger partial charge is 0.307 e. The largest absolute Gasteiger partial charge is 0.481 e. The Labute approximate surface area is 253 Å². The third-order valence-corrected chi connectivity index (χ3v) is 9.97. The topological polar surface area (TPSA) is 74.6 Å². The highest BCUT2D eigenvalue weighted by atomic mass is 16.4. The molecule has 0 bridgehead atoms. The molecule has 2 N–H and O–H groups in total. The summed E-state index contributed by atoms with van der Waals surface area (Å²) in [5, 5.41) is 19.4. The lowest BCUT2D eigenvalue weighted by molar-refractivity contribution is -0.148. The van der Waals surface area contributed by atoms with E-state index in [1.165, 1.54) is 70.6 Å². The van der Waals surface area contributed by atoms with Crippen molar-refractivity contribution in [1.29, 1.82) is 0 Å². The van der Waals surface area contributed by atoms with Gasteiger partial charge < -0.3 is 10.2 Å². The fourth-order valence-corrected chi connectivity index (χ4v) is 7.70. The maximum absolute atomic E-state index is 12.8. The number of carboxylic acid groups (broad SMARTS) is 2. The minimum absolute atomic E-state index is 0. The summed E-state index contributed by atoms with van der Waals surface area (Å²) in [5.41, 5.74) is -0.255. The van der Waals surface area contributed by atoms with Gasteiger partial charge in [0.05, 0.1) is 5.92 Å². The fourth-order valence-electron chi connectivity index (χ4n) is 7.70. The summed E-state index contributed by atoms with van der Waals surface area (Å²) in [5.74, 6) is -0.153. The van der Waals surface area contributed by atoms with Crippen LogP contribution in [0.3, 0.4) is 0 Å². The van der Waals surface area contributed by atoms with Gasteiger partial charge in [0.15, 0.2) is 0 Å². The van der Waals surface area contributed by atoms with E-state index in [0.717, 1.165) is 70.6 Å². The van der Waals surface area contributed by atoms with E-state index in [1.54, 1.807) is 0 Å². The number of hydrogen-bond acceptors (Lipinski definition) is 2. The lowest BCUT2D eigenvalue weighted by atomic mass is 9.52. The van der Waals surface area contributed by atoms with Crippen LogP contribution in [0.5, 0.6) is 0 Å². The van der Waals surface area contributed by atoms with Gasteiger partial charge in [-0.25, -0.2) is 0 Å². The predicted molar refractivity (Wildman–Crippen MR) is 174 cm³/mol. The van der Waals surface area contributed by atoms with Gasteiger partial charge in [0, 0.05) is 11.8 Å². The first kappa shape index (κ1) is 37.4. The molecular formula is C37H66O4. The van der Waals surface area contributed by atoms with Crippen molar-refractivity contribution in [3.8, 4) is 0 Å². The Kier molecular flexibility index (Phi) is 20.1. The number of carboxylic acids is 2. The van der Waals surface area contributed by atoms with Crippen molar-refractivity contribution in [1.82, 2.24) is 0 Å². The van der Waals surface area contributed by atoms with Crippen LogP contribution in [0.4, 0.5) is 0 Å². The van der Waals surface area contributed by atoms with E-state index < -0.39 is 11.9 Å². The normalized spacial score (nSPS) is 26.5. The predicted octanol–water partition coefficient (Wildman–Crippen LogP) is 11.4. The van der Waals surface area contributed by atoms with Crippen LogP contribution < -0.4 is 0 Å². The van der Waals surface area contributed by atoms with E-state index in [0.29, 0.717) is 17.8 Å². The average Bonchev–Trinajstić information content (AvgIpc) is 2.91. The highest BCUT2D eigenvalue weighted by molar-refractivity contribution is 5.72. The summed E-state index contributed by atoms with van der Waals surface area (Å²) < 4.78 is 0. The Balaban J connectivity index is 0.00000840. The zero-order chi connectivity index (χ0) is 29.1. The van der Waals surface area contributed by atoms with E-state index in [-0.39, 0.29) is 25.2 Å². The van der Waals surface area contributed by atoms with Crippen LogP contribution in [-0.2, 0) is 9.59 Å². The molecule has 1 saturated carbocycles. The zero-order valence-corrected chi connectivity index (χ0v) is 26.1. The first-order chi connectivity index (χ1) is 19.5. The fraction of sp³-hybridized carbons (Fsp3) is 0.838. The van der Waals surface area contributed by atoms with E-state index in [2.05, 4.69) is 38.2 Å². The first-order valence-corrected chi connectivity index (χ1v) is 17.3. The van der Waals surface area contributed by atoms with E-state index >= 15 is 0 Å². The molecule has 0 amide bonds. The zero-order valence-electron chi connectivity index (χ0n) is 26.1. The summed E-state index contributed by atoms with van der Waals surface area (Å²) in [6.45, 7) is 4.55. The van der Waals surface area contributed by atoms with Crippen molar-refractivity contribution in [2.24, 2.45) is 29.1 Å². The van der Waals surface area contributed by atoms with Gasteiger partial charge in [0.1, 0.15) is 0 Å². The molecule has 0 aromatic heterocycles. The molecule has 2 aliphatic rings. The number of unbranched alkanes of at least 4 members (excludes halogenated alkanes) is 11. The Morgan fingerprint density at radius 3 is 2.12 bits per heavy atom. The molecule has 4 heteroatoms. The molecule has 2 rings (SSSR count). The van der Waals surface area contributed by atoms with Gasteiger partial charge in [-0.15, -0.1) is 0 Å². The second kappa shape index (κ2) is 22.0.